The third-order valence-corrected chi connectivity index (χ3v) is 6.93. The second kappa shape index (κ2) is 9.51. The van der Waals surface area contributed by atoms with Crippen molar-refractivity contribution >= 4 is 40.1 Å². The van der Waals surface area contributed by atoms with E-state index in [-0.39, 0.29) is 43.5 Å². The van der Waals surface area contributed by atoms with Crippen molar-refractivity contribution in [2.24, 2.45) is 0 Å². The van der Waals surface area contributed by atoms with Gasteiger partial charge in [0.15, 0.2) is 0 Å². The second-order valence-corrected chi connectivity index (χ2v) is 8.17. The summed E-state index contributed by atoms with van der Waals surface area (Å²) < 4.78 is 0. The summed E-state index contributed by atoms with van der Waals surface area (Å²) in [6, 6.07) is 27.0. The Labute approximate surface area is 167 Å². The van der Waals surface area contributed by atoms with E-state index in [1.54, 1.807) is 0 Å². The molecule has 0 heterocycles. The van der Waals surface area contributed by atoms with Gasteiger partial charge in [-0.05, 0) is 6.16 Å². The van der Waals surface area contributed by atoms with Gasteiger partial charge in [0.2, 0.25) is 0 Å². The first kappa shape index (κ1) is 21.9. The number of rotatable bonds is 4. The van der Waals surface area contributed by atoms with E-state index in [9.17, 15) is 0 Å². The van der Waals surface area contributed by atoms with Crippen molar-refractivity contribution in [2.45, 2.75) is 13.3 Å². The average Bonchev–Trinajstić information content (AvgIpc) is 3.15. The molecule has 0 spiro atoms. The Bertz CT molecular complexity index is 786. The molecule has 0 fully saturated rings. The van der Waals surface area contributed by atoms with Crippen LogP contribution in [0, 0.1) is 0 Å². The predicted molar refractivity (Wildman–Crippen MR) is 100 cm³/mol. The Morgan fingerprint density at radius 2 is 1.20 bits per heavy atom. The quantitative estimate of drug-likeness (QED) is 0.296. The maximum Gasteiger partial charge on any atom is 4.00 e. The summed E-state index contributed by atoms with van der Waals surface area (Å²) in [5.41, 5.74) is 0. The molecule has 0 radical (unpaired) electrons. The van der Waals surface area contributed by atoms with Crippen LogP contribution in [0.3, 0.4) is 0 Å². The summed E-state index contributed by atoms with van der Waals surface area (Å²) in [6.45, 7) is 2.29. The van der Waals surface area contributed by atoms with E-state index >= 15 is 0 Å². The number of hydrogen-bond acceptors (Lipinski definition) is 0. The molecule has 4 rings (SSSR count). The summed E-state index contributed by atoms with van der Waals surface area (Å²) in [6.07, 6.45) is 2.50. The standard InChI is InChI=1S/C21H19P.2FH.Zr/c1-2-11-22(20-12-16-7-3-4-8-17(16)13-20)21-14-18-9-5-6-10-19(18)15-21;;;/h3-10,12-15H,2,11H2,1H3;2*1H;/q-2;;;+4/p-2. The smallest absolute Gasteiger partial charge is 1.00 e. The molecule has 4 aromatic carbocycles. The summed E-state index contributed by atoms with van der Waals surface area (Å²) in [4.78, 5) is 0. The molecule has 0 unspecified atom stereocenters. The van der Waals surface area contributed by atoms with Crippen LogP contribution in [0.25, 0.3) is 21.5 Å². The molecule has 0 nitrogen and oxygen atoms in total. The summed E-state index contributed by atoms with van der Waals surface area (Å²) >= 11 is 0. The molecule has 0 aliphatic rings. The molecule has 0 bridgehead atoms. The first-order valence-corrected chi connectivity index (χ1v) is 9.46. The van der Waals surface area contributed by atoms with Crippen molar-refractivity contribution in [3.05, 3.63) is 72.8 Å². The molecule has 0 aromatic heterocycles. The molecular weight excluding hydrogens is 412 g/mol. The molecule has 0 saturated carbocycles. The van der Waals surface area contributed by atoms with Gasteiger partial charge in [-0.2, -0.15) is 12.1 Å². The molecule has 0 saturated heterocycles. The third kappa shape index (κ3) is 4.33. The van der Waals surface area contributed by atoms with E-state index in [0.29, 0.717) is 0 Å². The van der Waals surface area contributed by atoms with Crippen LogP contribution in [0.4, 0.5) is 0 Å². The van der Waals surface area contributed by atoms with Gasteiger partial charge in [-0.15, -0.1) is 80.7 Å². The first-order valence-electron chi connectivity index (χ1n) is 7.93. The van der Waals surface area contributed by atoms with E-state index in [1.165, 1.54) is 44.7 Å². The topological polar surface area (TPSA) is 0 Å². The van der Waals surface area contributed by atoms with Crippen LogP contribution in [0.15, 0.2) is 72.8 Å². The zero-order valence-corrected chi connectivity index (χ0v) is 17.4. The number of fused-ring (bicyclic) bond motifs is 2. The van der Waals surface area contributed by atoms with Gasteiger partial charge < -0.3 is 9.41 Å². The number of benzene rings is 2. The van der Waals surface area contributed by atoms with Crippen molar-refractivity contribution in [1.82, 2.24) is 0 Å². The summed E-state index contributed by atoms with van der Waals surface area (Å²) in [5, 5.41) is 8.53. The predicted octanol–water partition coefficient (Wildman–Crippen LogP) is -0.721. The normalized spacial score (nSPS) is 10.3. The molecule has 0 amide bonds. The summed E-state index contributed by atoms with van der Waals surface area (Å²) in [5.74, 6) is 0. The Morgan fingerprint density at radius 3 is 1.60 bits per heavy atom. The fourth-order valence-corrected chi connectivity index (χ4v) is 5.65. The van der Waals surface area contributed by atoms with Gasteiger partial charge in [-0.25, -0.2) is 0 Å². The van der Waals surface area contributed by atoms with Crippen LogP contribution in [0.5, 0.6) is 0 Å². The van der Waals surface area contributed by atoms with Crippen molar-refractivity contribution in [1.29, 1.82) is 0 Å². The molecule has 4 aromatic rings. The van der Waals surface area contributed by atoms with Crippen LogP contribution in [0.2, 0.25) is 0 Å². The van der Waals surface area contributed by atoms with Crippen molar-refractivity contribution < 1.29 is 35.6 Å². The van der Waals surface area contributed by atoms with Gasteiger partial charge in [-0.1, -0.05) is 33.4 Å². The zero-order valence-electron chi connectivity index (χ0n) is 14.0. The van der Waals surface area contributed by atoms with E-state index in [1.807, 2.05) is 0 Å². The minimum Gasteiger partial charge on any atom is -1.00 e. The fraction of sp³-hybridized carbons (Fsp3) is 0.143. The summed E-state index contributed by atoms with van der Waals surface area (Å²) in [7, 11) is -0.245. The largest absolute Gasteiger partial charge is 4.00 e. The van der Waals surface area contributed by atoms with Crippen LogP contribution >= 0.6 is 7.92 Å². The maximum atomic E-state index is 2.40. The molecular formula is C21H19F2PZr. The van der Waals surface area contributed by atoms with Gasteiger partial charge in [-0.3, -0.25) is 0 Å². The maximum absolute atomic E-state index is 2.40. The van der Waals surface area contributed by atoms with Crippen LogP contribution < -0.4 is 20.0 Å². The molecule has 126 valence electrons. The molecule has 0 aliphatic carbocycles. The van der Waals surface area contributed by atoms with Crippen molar-refractivity contribution in [3.8, 4) is 0 Å². The molecule has 25 heavy (non-hydrogen) atoms. The Morgan fingerprint density at radius 1 is 0.760 bits per heavy atom. The zero-order chi connectivity index (χ0) is 14.9. The van der Waals surface area contributed by atoms with Gasteiger partial charge in [0.05, 0.1) is 0 Å². The van der Waals surface area contributed by atoms with E-state index in [2.05, 4.69) is 79.7 Å². The molecule has 4 heteroatoms. The molecule has 0 aliphatic heterocycles. The van der Waals surface area contributed by atoms with Crippen LogP contribution in [-0.4, -0.2) is 6.16 Å². The van der Waals surface area contributed by atoms with Crippen LogP contribution in [-0.2, 0) is 26.2 Å². The SMILES string of the molecule is CCCP(c1cc2ccccc2[cH-]1)c1cc2ccccc2[cH-]1.[F-].[F-].[Zr+4]. The average molecular weight is 432 g/mol. The number of hydrogen-bond donors (Lipinski definition) is 0. The van der Waals surface area contributed by atoms with Gasteiger partial charge in [0.1, 0.15) is 0 Å². The Kier molecular flexibility index (Phi) is 8.32. The Hall–Kier alpha value is -1.17. The minimum atomic E-state index is -0.245. The fourth-order valence-electron chi connectivity index (χ4n) is 3.21. The van der Waals surface area contributed by atoms with Gasteiger partial charge in [0, 0.05) is 0 Å². The molecule has 0 atom stereocenters. The molecule has 0 N–H and O–H groups in total. The second-order valence-electron chi connectivity index (χ2n) is 5.84. The monoisotopic (exact) mass is 430 g/mol. The minimum absolute atomic E-state index is 0. The van der Waals surface area contributed by atoms with Gasteiger partial charge >= 0.3 is 26.2 Å². The van der Waals surface area contributed by atoms with E-state index in [0.717, 1.165) is 0 Å². The van der Waals surface area contributed by atoms with E-state index in [4.69, 9.17) is 0 Å². The van der Waals surface area contributed by atoms with Crippen LogP contribution in [0.1, 0.15) is 13.3 Å². The number of halogens is 2. The Balaban J connectivity index is 0.00000104. The van der Waals surface area contributed by atoms with E-state index < -0.39 is 0 Å². The van der Waals surface area contributed by atoms with Crippen molar-refractivity contribution in [2.75, 3.05) is 6.16 Å². The van der Waals surface area contributed by atoms with Crippen molar-refractivity contribution in [3.63, 3.8) is 0 Å². The first-order chi connectivity index (χ1) is 10.8. The third-order valence-electron chi connectivity index (χ3n) is 4.28. The van der Waals surface area contributed by atoms with Gasteiger partial charge in [0.25, 0.3) is 0 Å².